The SMILES string of the molecule is C[C@@H](NC1=C[C@@H](c2cccc(OC(F)(F)C(F)F)c2)N(c2ccc(C(F)(F)F)cc2)C1=O)c1ccccc1. The molecule has 0 radical (unpaired) electrons. The lowest BCUT2D eigenvalue weighted by atomic mass is 10.0. The van der Waals surface area contributed by atoms with Crippen LogP contribution in [0.4, 0.5) is 36.4 Å². The largest absolute Gasteiger partial charge is 0.461 e. The van der Waals surface area contributed by atoms with Crippen LogP contribution in [0.5, 0.6) is 5.75 Å². The minimum Gasteiger partial charge on any atom is -0.428 e. The Kier molecular flexibility index (Phi) is 7.39. The second-order valence-corrected chi connectivity index (χ2v) is 8.56. The summed E-state index contributed by atoms with van der Waals surface area (Å²) in [7, 11) is 0. The normalized spacial score (nSPS) is 17.0. The van der Waals surface area contributed by atoms with E-state index in [9.17, 15) is 35.5 Å². The zero-order valence-corrected chi connectivity index (χ0v) is 19.7. The molecule has 1 heterocycles. The number of anilines is 1. The molecule has 0 unspecified atom stereocenters. The number of halogens is 7. The maximum atomic E-state index is 13.5. The highest BCUT2D eigenvalue weighted by Gasteiger charge is 2.44. The van der Waals surface area contributed by atoms with Gasteiger partial charge in [-0.15, -0.1) is 0 Å². The van der Waals surface area contributed by atoms with E-state index in [1.54, 1.807) is 6.92 Å². The molecule has 4 nitrogen and oxygen atoms in total. The summed E-state index contributed by atoms with van der Waals surface area (Å²) in [5, 5.41) is 3.09. The predicted molar refractivity (Wildman–Crippen MR) is 126 cm³/mol. The van der Waals surface area contributed by atoms with Crippen LogP contribution in [0, 0.1) is 0 Å². The van der Waals surface area contributed by atoms with Crippen molar-refractivity contribution in [1.29, 1.82) is 0 Å². The van der Waals surface area contributed by atoms with Crippen LogP contribution in [-0.4, -0.2) is 18.4 Å². The Bertz CT molecular complexity index is 1310. The molecule has 0 saturated carbocycles. The molecule has 1 amide bonds. The van der Waals surface area contributed by atoms with Gasteiger partial charge in [-0.3, -0.25) is 9.69 Å². The zero-order valence-electron chi connectivity index (χ0n) is 19.7. The summed E-state index contributed by atoms with van der Waals surface area (Å²) in [6, 6.07) is 16.6. The summed E-state index contributed by atoms with van der Waals surface area (Å²) >= 11 is 0. The fourth-order valence-corrected chi connectivity index (χ4v) is 4.03. The number of nitrogens with one attached hydrogen (secondary N) is 1. The molecule has 1 N–H and O–H groups in total. The van der Waals surface area contributed by atoms with Gasteiger partial charge in [0.2, 0.25) is 0 Å². The van der Waals surface area contributed by atoms with E-state index in [2.05, 4.69) is 10.1 Å². The molecule has 2 atom stereocenters. The van der Waals surface area contributed by atoms with Crippen LogP contribution >= 0.6 is 0 Å². The van der Waals surface area contributed by atoms with Gasteiger partial charge >= 0.3 is 18.7 Å². The van der Waals surface area contributed by atoms with Gasteiger partial charge in [0.1, 0.15) is 5.75 Å². The first-order valence-electron chi connectivity index (χ1n) is 11.4. The van der Waals surface area contributed by atoms with Crippen molar-refractivity contribution < 1.29 is 40.3 Å². The molecule has 4 rings (SSSR count). The number of alkyl halides is 7. The Hall–Kier alpha value is -4.02. The second-order valence-electron chi connectivity index (χ2n) is 8.56. The number of benzene rings is 3. The van der Waals surface area contributed by atoms with Crippen LogP contribution in [0.15, 0.2) is 90.6 Å². The third kappa shape index (κ3) is 5.76. The fraction of sp³-hybridized carbons (Fsp3) is 0.222. The van der Waals surface area contributed by atoms with E-state index in [1.165, 1.54) is 23.1 Å². The summed E-state index contributed by atoms with van der Waals surface area (Å²) in [4.78, 5) is 14.6. The van der Waals surface area contributed by atoms with Crippen LogP contribution in [0.2, 0.25) is 0 Å². The molecule has 3 aromatic rings. The van der Waals surface area contributed by atoms with Gasteiger partial charge in [-0.1, -0.05) is 42.5 Å². The number of carbonyl (C=O) groups is 1. The van der Waals surface area contributed by atoms with Crippen molar-refractivity contribution in [3.63, 3.8) is 0 Å². The third-order valence-electron chi connectivity index (χ3n) is 5.90. The maximum Gasteiger partial charge on any atom is 0.461 e. The minimum atomic E-state index is -4.75. The van der Waals surface area contributed by atoms with Crippen LogP contribution in [0.1, 0.15) is 35.7 Å². The van der Waals surface area contributed by atoms with Crippen LogP contribution < -0.4 is 15.0 Å². The van der Waals surface area contributed by atoms with E-state index in [1.807, 2.05) is 30.3 Å². The van der Waals surface area contributed by atoms with Crippen molar-refractivity contribution in [1.82, 2.24) is 5.32 Å². The number of nitrogens with zero attached hydrogens (tertiary/aromatic N) is 1. The molecule has 0 fully saturated rings. The monoisotopic (exact) mass is 538 g/mol. The maximum absolute atomic E-state index is 13.5. The lowest BCUT2D eigenvalue weighted by Crippen LogP contribution is -2.34. The van der Waals surface area contributed by atoms with Gasteiger partial charge in [-0.25, -0.2) is 0 Å². The summed E-state index contributed by atoms with van der Waals surface area (Å²) < 4.78 is 95.7. The lowest BCUT2D eigenvalue weighted by Gasteiger charge is -2.26. The second kappa shape index (κ2) is 10.4. The topological polar surface area (TPSA) is 41.6 Å². The molecule has 0 aliphatic carbocycles. The quantitative estimate of drug-likeness (QED) is 0.307. The molecule has 200 valence electrons. The molecule has 0 bridgehead atoms. The highest BCUT2D eigenvalue weighted by molar-refractivity contribution is 6.08. The van der Waals surface area contributed by atoms with Gasteiger partial charge in [0.15, 0.2) is 0 Å². The third-order valence-corrected chi connectivity index (χ3v) is 5.90. The summed E-state index contributed by atoms with van der Waals surface area (Å²) in [5.41, 5.74) is 0.381. The fourth-order valence-electron chi connectivity index (χ4n) is 4.03. The summed E-state index contributed by atoms with van der Waals surface area (Å²) in [6.07, 6.45) is -11.9. The average Bonchev–Trinajstić information content (AvgIpc) is 3.19. The number of ether oxygens (including phenoxy) is 1. The van der Waals surface area contributed by atoms with E-state index in [4.69, 9.17) is 0 Å². The van der Waals surface area contributed by atoms with Crippen LogP contribution in [-0.2, 0) is 11.0 Å². The molecule has 0 spiro atoms. The Morgan fingerprint density at radius 1 is 0.895 bits per heavy atom. The smallest absolute Gasteiger partial charge is 0.428 e. The van der Waals surface area contributed by atoms with Gasteiger partial charge in [0.05, 0.1) is 17.3 Å². The molecule has 1 aliphatic rings. The number of carbonyl (C=O) groups excluding carboxylic acids is 1. The van der Waals surface area contributed by atoms with E-state index in [-0.39, 0.29) is 23.0 Å². The number of rotatable bonds is 8. The van der Waals surface area contributed by atoms with Crippen molar-refractivity contribution in [2.24, 2.45) is 0 Å². The van der Waals surface area contributed by atoms with Crippen molar-refractivity contribution in [3.05, 3.63) is 107 Å². The average molecular weight is 538 g/mol. The van der Waals surface area contributed by atoms with E-state index >= 15 is 0 Å². The molecule has 11 heteroatoms. The molecule has 1 aliphatic heterocycles. The minimum absolute atomic E-state index is 0.109. The van der Waals surface area contributed by atoms with E-state index in [0.717, 1.165) is 42.0 Å². The Balaban J connectivity index is 1.71. The zero-order chi connectivity index (χ0) is 27.7. The number of hydrogen-bond donors (Lipinski definition) is 1. The van der Waals surface area contributed by atoms with E-state index < -0.39 is 42.0 Å². The Labute approximate surface area is 213 Å². The highest BCUT2D eigenvalue weighted by Crippen LogP contribution is 2.39. The van der Waals surface area contributed by atoms with E-state index in [0.29, 0.717) is 0 Å². The van der Waals surface area contributed by atoms with Gasteiger partial charge in [-0.2, -0.15) is 30.7 Å². The summed E-state index contributed by atoms with van der Waals surface area (Å²) in [5.74, 6) is -1.15. The summed E-state index contributed by atoms with van der Waals surface area (Å²) in [6.45, 7) is 1.81. The van der Waals surface area contributed by atoms with Crippen molar-refractivity contribution in [2.45, 2.75) is 37.7 Å². The van der Waals surface area contributed by atoms with Gasteiger partial charge in [-0.05, 0) is 60.5 Å². The van der Waals surface area contributed by atoms with Crippen molar-refractivity contribution >= 4 is 11.6 Å². The standard InChI is InChI=1S/C27H21F7N2O2/c1-16(17-6-3-2-4-7-17)35-22-15-23(18-8-5-9-21(14-18)38-27(33,34)25(28)29)36(24(22)37)20-12-10-19(11-13-20)26(30,31)32/h2-16,23,25,35H,1H3/t16-,23+/m1/s1. The Morgan fingerprint density at radius 3 is 2.16 bits per heavy atom. The molecular formula is C27H21F7N2O2. The first-order chi connectivity index (χ1) is 17.9. The Morgan fingerprint density at radius 2 is 1.55 bits per heavy atom. The van der Waals surface area contributed by atoms with Crippen molar-refractivity contribution in [2.75, 3.05) is 4.90 Å². The van der Waals surface area contributed by atoms with Gasteiger partial charge in [0, 0.05) is 11.7 Å². The highest BCUT2D eigenvalue weighted by atomic mass is 19.4. The number of hydrogen-bond acceptors (Lipinski definition) is 3. The molecule has 0 saturated heterocycles. The molecular weight excluding hydrogens is 517 g/mol. The first kappa shape index (κ1) is 27.0. The first-order valence-corrected chi connectivity index (χ1v) is 11.4. The number of amides is 1. The lowest BCUT2D eigenvalue weighted by molar-refractivity contribution is -0.253. The van der Waals surface area contributed by atoms with Gasteiger partial charge < -0.3 is 10.1 Å². The van der Waals surface area contributed by atoms with Crippen LogP contribution in [0.3, 0.4) is 0 Å². The van der Waals surface area contributed by atoms with Crippen molar-refractivity contribution in [3.8, 4) is 5.75 Å². The van der Waals surface area contributed by atoms with Crippen LogP contribution in [0.25, 0.3) is 0 Å². The molecule has 38 heavy (non-hydrogen) atoms. The molecule has 0 aromatic heterocycles. The predicted octanol–water partition coefficient (Wildman–Crippen LogP) is 7.26. The van der Waals surface area contributed by atoms with Gasteiger partial charge in [0.25, 0.3) is 5.91 Å². The molecule has 3 aromatic carbocycles.